The van der Waals surface area contributed by atoms with Crippen LogP contribution in [-0.2, 0) is 4.79 Å². The topological polar surface area (TPSA) is 58.4 Å². The predicted molar refractivity (Wildman–Crippen MR) is 68.7 cm³/mol. The molecule has 5 heteroatoms. The zero-order valence-electron chi connectivity index (χ0n) is 9.82. The highest BCUT2D eigenvalue weighted by atomic mass is 35.5. The Kier molecular flexibility index (Phi) is 7.38. The molecule has 0 bridgehead atoms. The number of nitrogens with two attached hydrogens (primary N) is 1. The fourth-order valence-corrected chi connectivity index (χ4v) is 1.88. The number of carbonyl (C=O) groups excluding carboxylic acids is 1. The van der Waals surface area contributed by atoms with E-state index in [1.165, 1.54) is 0 Å². The minimum Gasteiger partial charge on any atom is -0.352 e. The fourth-order valence-electron chi connectivity index (χ4n) is 1.88. The van der Waals surface area contributed by atoms with Gasteiger partial charge < -0.3 is 11.1 Å². The number of carbonyl (C=O) groups is 1. The normalized spacial score (nSPS) is 22.2. The molecular formula is C11H22ClN3O. The van der Waals surface area contributed by atoms with Crippen LogP contribution in [0.4, 0.5) is 0 Å². The second-order valence-electron chi connectivity index (χ2n) is 4.24. The van der Waals surface area contributed by atoms with Gasteiger partial charge in [-0.2, -0.15) is 0 Å². The molecule has 0 aliphatic carbocycles. The Morgan fingerprint density at radius 3 is 2.94 bits per heavy atom. The van der Waals surface area contributed by atoms with Crippen molar-refractivity contribution < 1.29 is 4.79 Å². The number of halogens is 1. The third-order valence-electron chi connectivity index (χ3n) is 2.86. The van der Waals surface area contributed by atoms with Crippen molar-refractivity contribution in [3.63, 3.8) is 0 Å². The quantitative estimate of drug-likeness (QED) is 0.691. The summed E-state index contributed by atoms with van der Waals surface area (Å²) in [6.07, 6.45) is 2.79. The minimum absolute atomic E-state index is 0. The molecule has 0 aromatic carbocycles. The zero-order chi connectivity index (χ0) is 11.3. The lowest BCUT2D eigenvalue weighted by Crippen LogP contribution is -2.37. The molecule has 0 aromatic heterocycles. The van der Waals surface area contributed by atoms with Crippen molar-refractivity contribution >= 4 is 18.3 Å². The molecule has 1 heterocycles. The molecule has 1 aliphatic heterocycles. The summed E-state index contributed by atoms with van der Waals surface area (Å²) in [7, 11) is 0. The van der Waals surface area contributed by atoms with Crippen LogP contribution >= 0.6 is 12.4 Å². The van der Waals surface area contributed by atoms with Gasteiger partial charge in [-0.05, 0) is 25.8 Å². The monoisotopic (exact) mass is 247 g/mol. The van der Waals surface area contributed by atoms with Gasteiger partial charge in [-0.25, -0.2) is 0 Å². The van der Waals surface area contributed by atoms with Crippen molar-refractivity contribution in [3.05, 3.63) is 12.7 Å². The standard InChI is InChI=1S/C11H21N3O.ClH/c1-3-5-13-11(15)8-14-6-4-10(7-14)9(2)12;/h3,9-10H,1,4-8,12H2,2H3,(H,13,15);1H. The maximum absolute atomic E-state index is 11.4. The highest BCUT2D eigenvalue weighted by molar-refractivity contribution is 5.85. The van der Waals surface area contributed by atoms with Crippen LogP contribution < -0.4 is 11.1 Å². The van der Waals surface area contributed by atoms with Gasteiger partial charge in [0.2, 0.25) is 5.91 Å². The number of nitrogens with one attached hydrogen (secondary N) is 1. The first-order chi connectivity index (χ1) is 7.13. The average molecular weight is 248 g/mol. The predicted octanol–water partition coefficient (Wildman–Crippen LogP) is 0.379. The molecule has 0 radical (unpaired) electrons. The highest BCUT2D eigenvalue weighted by Crippen LogP contribution is 2.17. The largest absolute Gasteiger partial charge is 0.352 e. The van der Waals surface area contributed by atoms with Crippen LogP contribution in [-0.4, -0.2) is 43.0 Å². The van der Waals surface area contributed by atoms with Crippen LogP contribution in [0.15, 0.2) is 12.7 Å². The van der Waals surface area contributed by atoms with Gasteiger partial charge in [-0.15, -0.1) is 19.0 Å². The maximum atomic E-state index is 11.4. The summed E-state index contributed by atoms with van der Waals surface area (Å²) in [6, 6.07) is 0.228. The van der Waals surface area contributed by atoms with Crippen molar-refractivity contribution in [2.45, 2.75) is 19.4 Å². The van der Waals surface area contributed by atoms with Crippen molar-refractivity contribution in [3.8, 4) is 0 Å². The summed E-state index contributed by atoms with van der Waals surface area (Å²) in [6.45, 7) is 8.54. The van der Waals surface area contributed by atoms with Crippen LogP contribution in [0, 0.1) is 5.92 Å². The Balaban J connectivity index is 0.00000225. The van der Waals surface area contributed by atoms with Crippen LogP contribution in [0.5, 0.6) is 0 Å². The molecule has 16 heavy (non-hydrogen) atoms. The molecule has 0 saturated carbocycles. The van der Waals surface area contributed by atoms with E-state index in [4.69, 9.17) is 5.73 Å². The van der Waals surface area contributed by atoms with Crippen LogP contribution in [0.3, 0.4) is 0 Å². The third-order valence-corrected chi connectivity index (χ3v) is 2.86. The SMILES string of the molecule is C=CCNC(=O)CN1CCC(C(C)N)C1.Cl. The molecule has 1 rings (SSSR count). The second-order valence-corrected chi connectivity index (χ2v) is 4.24. The Morgan fingerprint density at radius 1 is 1.75 bits per heavy atom. The summed E-state index contributed by atoms with van der Waals surface area (Å²) >= 11 is 0. The minimum atomic E-state index is 0. The molecule has 0 aromatic rings. The number of rotatable bonds is 5. The van der Waals surface area contributed by atoms with Gasteiger partial charge in [0.15, 0.2) is 0 Å². The van der Waals surface area contributed by atoms with Crippen molar-refractivity contribution in [2.75, 3.05) is 26.2 Å². The van der Waals surface area contributed by atoms with E-state index in [0.29, 0.717) is 19.0 Å². The molecule has 94 valence electrons. The summed E-state index contributed by atoms with van der Waals surface area (Å²) in [5, 5.41) is 2.77. The molecule has 1 saturated heterocycles. The third kappa shape index (κ3) is 4.96. The van der Waals surface area contributed by atoms with E-state index >= 15 is 0 Å². The molecule has 2 atom stereocenters. The van der Waals surface area contributed by atoms with Crippen molar-refractivity contribution in [1.82, 2.24) is 10.2 Å². The number of hydrogen-bond donors (Lipinski definition) is 2. The fraction of sp³-hybridized carbons (Fsp3) is 0.727. The van der Waals surface area contributed by atoms with Gasteiger partial charge in [0.05, 0.1) is 6.54 Å². The van der Waals surface area contributed by atoms with E-state index in [1.807, 2.05) is 6.92 Å². The van der Waals surface area contributed by atoms with Gasteiger partial charge >= 0.3 is 0 Å². The molecule has 3 N–H and O–H groups in total. The molecule has 4 nitrogen and oxygen atoms in total. The van der Waals surface area contributed by atoms with Gasteiger partial charge in [-0.3, -0.25) is 9.69 Å². The van der Waals surface area contributed by atoms with Crippen molar-refractivity contribution in [2.24, 2.45) is 11.7 Å². The highest BCUT2D eigenvalue weighted by Gasteiger charge is 2.25. The van der Waals surface area contributed by atoms with E-state index in [2.05, 4.69) is 16.8 Å². The van der Waals surface area contributed by atoms with E-state index in [0.717, 1.165) is 19.5 Å². The van der Waals surface area contributed by atoms with Gasteiger partial charge in [0, 0.05) is 19.1 Å². The molecule has 0 spiro atoms. The lowest BCUT2D eigenvalue weighted by atomic mass is 10.0. The molecule has 1 aliphatic rings. The summed E-state index contributed by atoms with van der Waals surface area (Å²) in [5.41, 5.74) is 5.83. The van der Waals surface area contributed by atoms with Crippen LogP contribution in [0.1, 0.15) is 13.3 Å². The van der Waals surface area contributed by atoms with Crippen LogP contribution in [0.2, 0.25) is 0 Å². The molecule has 2 unspecified atom stereocenters. The maximum Gasteiger partial charge on any atom is 0.234 e. The Morgan fingerprint density at radius 2 is 2.44 bits per heavy atom. The summed E-state index contributed by atoms with van der Waals surface area (Å²) in [4.78, 5) is 13.6. The average Bonchev–Trinajstić information content (AvgIpc) is 2.63. The first-order valence-electron chi connectivity index (χ1n) is 5.49. The van der Waals surface area contributed by atoms with Crippen molar-refractivity contribution in [1.29, 1.82) is 0 Å². The first kappa shape index (κ1) is 15.4. The second kappa shape index (κ2) is 7.65. The Bertz CT molecular complexity index is 233. The smallest absolute Gasteiger partial charge is 0.234 e. The Hall–Kier alpha value is -0.580. The van der Waals surface area contributed by atoms with E-state index in [-0.39, 0.29) is 24.4 Å². The van der Waals surface area contributed by atoms with E-state index in [9.17, 15) is 4.79 Å². The first-order valence-corrected chi connectivity index (χ1v) is 5.49. The number of hydrogen-bond acceptors (Lipinski definition) is 3. The summed E-state index contributed by atoms with van der Waals surface area (Å²) in [5.74, 6) is 0.609. The number of likely N-dealkylation sites (tertiary alicyclic amines) is 1. The van der Waals surface area contributed by atoms with E-state index in [1.54, 1.807) is 6.08 Å². The zero-order valence-corrected chi connectivity index (χ0v) is 10.6. The lowest BCUT2D eigenvalue weighted by Gasteiger charge is -2.17. The lowest BCUT2D eigenvalue weighted by molar-refractivity contribution is -0.121. The summed E-state index contributed by atoms with van der Waals surface area (Å²) < 4.78 is 0. The number of nitrogens with zero attached hydrogens (tertiary/aromatic N) is 1. The van der Waals surface area contributed by atoms with Gasteiger partial charge in [-0.1, -0.05) is 6.08 Å². The molecule has 1 amide bonds. The molecule has 1 fully saturated rings. The van der Waals surface area contributed by atoms with Gasteiger partial charge in [0.1, 0.15) is 0 Å². The van der Waals surface area contributed by atoms with Gasteiger partial charge in [0.25, 0.3) is 0 Å². The van der Waals surface area contributed by atoms with Crippen LogP contribution in [0.25, 0.3) is 0 Å². The molecular weight excluding hydrogens is 226 g/mol. The van der Waals surface area contributed by atoms with E-state index < -0.39 is 0 Å². The Labute approximate surface area is 104 Å². The number of amides is 1.